The van der Waals surface area contributed by atoms with Gasteiger partial charge in [-0.05, 0) is 56.7 Å². The van der Waals surface area contributed by atoms with Crippen molar-refractivity contribution < 1.29 is 23.8 Å². The largest absolute Gasteiger partial charge is 0.479 e. The number of oxazole rings is 1. The molecule has 34 heavy (non-hydrogen) atoms. The lowest BCUT2D eigenvalue weighted by atomic mass is 9.87. The van der Waals surface area contributed by atoms with Crippen molar-refractivity contribution in [3.63, 3.8) is 0 Å². The number of carbonyl (C=O) groups is 1. The van der Waals surface area contributed by atoms with Crippen molar-refractivity contribution in [2.75, 3.05) is 6.61 Å². The Kier molecular flexibility index (Phi) is 8.14. The third-order valence-electron chi connectivity index (χ3n) is 6.45. The summed E-state index contributed by atoms with van der Waals surface area (Å²) in [5, 5.41) is 9.58. The summed E-state index contributed by atoms with van der Waals surface area (Å²) < 4.78 is 17.9. The Hall–Kier alpha value is -2.96. The second-order valence-corrected chi connectivity index (χ2v) is 9.20. The van der Waals surface area contributed by atoms with Crippen LogP contribution in [0.15, 0.2) is 59.0 Å². The summed E-state index contributed by atoms with van der Waals surface area (Å²) in [5.41, 5.74) is 3.94. The quantitative estimate of drug-likeness (QED) is 0.412. The van der Waals surface area contributed by atoms with E-state index in [1.54, 1.807) is 0 Å². The van der Waals surface area contributed by atoms with Gasteiger partial charge < -0.3 is 19.0 Å². The van der Waals surface area contributed by atoms with Crippen molar-refractivity contribution in [2.24, 2.45) is 5.92 Å². The highest BCUT2D eigenvalue weighted by atomic mass is 16.5. The van der Waals surface area contributed by atoms with Crippen molar-refractivity contribution in [3.8, 4) is 11.5 Å². The van der Waals surface area contributed by atoms with Crippen LogP contribution in [0.4, 0.5) is 0 Å². The molecule has 0 amide bonds. The van der Waals surface area contributed by atoms with Crippen molar-refractivity contribution >= 4 is 5.97 Å². The van der Waals surface area contributed by atoms with E-state index in [2.05, 4.69) is 11.9 Å². The molecule has 0 saturated heterocycles. The molecule has 0 aliphatic heterocycles. The van der Waals surface area contributed by atoms with Crippen molar-refractivity contribution in [1.29, 1.82) is 0 Å². The maximum atomic E-state index is 11.7. The number of ether oxygens (including phenoxy) is 2. The van der Waals surface area contributed by atoms with Crippen LogP contribution < -0.4 is 0 Å². The molecule has 4 rings (SSSR count). The van der Waals surface area contributed by atoms with Crippen LogP contribution in [0.2, 0.25) is 0 Å². The number of nitrogens with zero attached hydrogens (tertiary/aromatic N) is 1. The Bertz CT molecular complexity index is 1060. The van der Waals surface area contributed by atoms with Gasteiger partial charge in [-0.15, -0.1) is 0 Å². The summed E-state index contributed by atoms with van der Waals surface area (Å²) in [6.45, 7) is 4.81. The molecule has 0 bridgehead atoms. The summed E-state index contributed by atoms with van der Waals surface area (Å²) in [5.74, 6) is 0.761. The molecule has 1 aromatic heterocycles. The zero-order valence-corrected chi connectivity index (χ0v) is 19.9. The average Bonchev–Trinajstić information content (AvgIpc) is 3.22. The number of carboxylic acid groups (broad SMARTS) is 1. The molecule has 1 unspecified atom stereocenters. The second-order valence-electron chi connectivity index (χ2n) is 9.20. The molecule has 1 heterocycles. The maximum absolute atomic E-state index is 11.7. The van der Waals surface area contributed by atoms with Gasteiger partial charge in [0, 0.05) is 12.0 Å². The van der Waals surface area contributed by atoms with Crippen LogP contribution >= 0.6 is 0 Å². The maximum Gasteiger partial charge on any atom is 0.333 e. The summed E-state index contributed by atoms with van der Waals surface area (Å²) in [4.78, 5) is 16.3. The summed E-state index contributed by atoms with van der Waals surface area (Å²) in [7, 11) is 0. The fraction of sp³-hybridized carbons (Fsp3) is 0.429. The van der Waals surface area contributed by atoms with Crippen LogP contribution in [-0.4, -0.2) is 34.9 Å². The minimum Gasteiger partial charge on any atom is -0.479 e. The van der Waals surface area contributed by atoms with E-state index >= 15 is 0 Å². The number of aryl methyl sites for hydroxylation is 2. The zero-order chi connectivity index (χ0) is 23.9. The Morgan fingerprint density at radius 2 is 1.88 bits per heavy atom. The van der Waals surface area contributed by atoms with Crippen molar-refractivity contribution in [2.45, 2.75) is 64.8 Å². The van der Waals surface area contributed by atoms with E-state index in [0.29, 0.717) is 25.5 Å². The van der Waals surface area contributed by atoms with Gasteiger partial charge in [0.2, 0.25) is 5.89 Å². The van der Waals surface area contributed by atoms with E-state index in [4.69, 9.17) is 13.9 Å². The number of benzene rings is 2. The average molecular weight is 464 g/mol. The third kappa shape index (κ3) is 6.55. The predicted molar refractivity (Wildman–Crippen MR) is 129 cm³/mol. The normalized spacial score (nSPS) is 19.1. The smallest absolute Gasteiger partial charge is 0.333 e. The summed E-state index contributed by atoms with van der Waals surface area (Å²) in [6, 6.07) is 17.7. The van der Waals surface area contributed by atoms with Crippen LogP contribution in [-0.2, 0) is 27.3 Å². The summed E-state index contributed by atoms with van der Waals surface area (Å²) >= 11 is 0. The van der Waals surface area contributed by atoms with Gasteiger partial charge in [-0.1, -0.05) is 54.4 Å². The lowest BCUT2D eigenvalue weighted by Crippen LogP contribution is -2.31. The predicted octanol–water partition coefficient (Wildman–Crippen LogP) is 5.75. The Morgan fingerprint density at radius 3 is 2.62 bits per heavy atom. The molecule has 1 aliphatic carbocycles. The van der Waals surface area contributed by atoms with Gasteiger partial charge in [-0.25, -0.2) is 9.78 Å². The van der Waals surface area contributed by atoms with Gasteiger partial charge in [0.25, 0.3) is 0 Å². The van der Waals surface area contributed by atoms with E-state index in [0.717, 1.165) is 48.3 Å². The topological polar surface area (TPSA) is 81.8 Å². The molecule has 6 heteroatoms. The molecule has 3 atom stereocenters. The van der Waals surface area contributed by atoms with Crippen LogP contribution in [0, 0.1) is 19.8 Å². The second kappa shape index (κ2) is 11.4. The Labute approximate surface area is 200 Å². The van der Waals surface area contributed by atoms with Gasteiger partial charge in [-0.3, -0.25) is 0 Å². The number of hydrogen-bond acceptors (Lipinski definition) is 5. The third-order valence-corrected chi connectivity index (χ3v) is 6.45. The first-order valence-corrected chi connectivity index (χ1v) is 12.0. The van der Waals surface area contributed by atoms with Crippen LogP contribution in [0.25, 0.3) is 11.5 Å². The molecule has 1 fully saturated rings. The number of hydrogen-bond donors (Lipinski definition) is 1. The van der Waals surface area contributed by atoms with Gasteiger partial charge in [0.15, 0.2) is 6.10 Å². The molecular weight excluding hydrogens is 430 g/mol. The number of aliphatic carboxylic acids is 1. The summed E-state index contributed by atoms with van der Waals surface area (Å²) in [6.07, 6.45) is 3.57. The van der Waals surface area contributed by atoms with Crippen LogP contribution in [0.3, 0.4) is 0 Å². The lowest BCUT2D eigenvalue weighted by Gasteiger charge is -2.29. The Morgan fingerprint density at radius 1 is 1.12 bits per heavy atom. The first-order chi connectivity index (χ1) is 16.5. The van der Waals surface area contributed by atoms with Gasteiger partial charge >= 0.3 is 5.97 Å². The molecule has 0 radical (unpaired) electrons. The molecule has 2 aromatic carbocycles. The first-order valence-electron chi connectivity index (χ1n) is 12.0. The minimum atomic E-state index is -0.918. The zero-order valence-electron chi connectivity index (χ0n) is 19.9. The molecule has 3 aromatic rings. The molecule has 1 N–H and O–H groups in total. The van der Waals surface area contributed by atoms with E-state index in [1.165, 1.54) is 5.56 Å². The highest BCUT2D eigenvalue weighted by Crippen LogP contribution is 2.29. The number of aromatic nitrogens is 1. The highest BCUT2D eigenvalue weighted by molar-refractivity contribution is 5.72. The van der Waals surface area contributed by atoms with Crippen LogP contribution in [0.5, 0.6) is 0 Å². The molecule has 0 spiro atoms. The lowest BCUT2D eigenvalue weighted by molar-refractivity contribution is -0.151. The first kappa shape index (κ1) is 24.2. The number of rotatable bonds is 10. The van der Waals surface area contributed by atoms with E-state index in [-0.39, 0.29) is 12.0 Å². The number of carboxylic acids is 1. The molecule has 6 nitrogen and oxygen atoms in total. The van der Waals surface area contributed by atoms with Crippen LogP contribution in [0.1, 0.15) is 48.3 Å². The molecule has 180 valence electrons. The van der Waals surface area contributed by atoms with Gasteiger partial charge in [0.05, 0.1) is 19.3 Å². The fourth-order valence-corrected chi connectivity index (χ4v) is 4.42. The van der Waals surface area contributed by atoms with Crippen molar-refractivity contribution in [3.05, 3.63) is 77.2 Å². The van der Waals surface area contributed by atoms with E-state index < -0.39 is 12.1 Å². The molecular formula is C28H33NO5. The molecule has 1 aliphatic rings. The standard InChI is InChI=1S/C28H33NO5/c1-19-11-13-23(14-12-19)27-29-25(20(2)34-27)18-32-24-10-6-9-22(15-24)17-33-26(28(30)31)16-21-7-4-3-5-8-21/h3-5,7-8,11-14,22,24,26H,6,9-10,15-18H2,1-2H3,(H,30,31)/t22-,24+,26?/m1/s1. The van der Waals surface area contributed by atoms with E-state index in [1.807, 2.05) is 61.5 Å². The van der Waals surface area contributed by atoms with Gasteiger partial charge in [-0.2, -0.15) is 0 Å². The monoisotopic (exact) mass is 463 g/mol. The molecule has 1 saturated carbocycles. The van der Waals surface area contributed by atoms with Gasteiger partial charge in [0.1, 0.15) is 11.5 Å². The Balaban J connectivity index is 1.28. The minimum absolute atomic E-state index is 0.110. The van der Waals surface area contributed by atoms with E-state index in [9.17, 15) is 9.90 Å². The fourth-order valence-electron chi connectivity index (χ4n) is 4.42. The van der Waals surface area contributed by atoms with Crippen molar-refractivity contribution in [1.82, 2.24) is 4.98 Å². The highest BCUT2D eigenvalue weighted by Gasteiger charge is 2.26. The SMILES string of the molecule is Cc1ccc(-c2nc(CO[C@H]3CCC[C@@H](COC(Cc4ccccc4)C(=O)O)C3)c(C)o2)cc1.